The lowest BCUT2D eigenvalue weighted by Gasteiger charge is -2.26. The highest BCUT2D eigenvalue weighted by atomic mass is 16.3. The summed E-state index contributed by atoms with van der Waals surface area (Å²) < 4.78 is 6.97. The summed E-state index contributed by atoms with van der Waals surface area (Å²) in [6.07, 6.45) is 0. The van der Waals surface area contributed by atoms with Crippen LogP contribution in [0.3, 0.4) is 0 Å². The molecule has 0 fully saturated rings. The molecule has 0 aliphatic carbocycles. The molecule has 0 N–H and O–H groups in total. The van der Waals surface area contributed by atoms with Crippen LogP contribution in [0.15, 0.2) is 253 Å². The fraction of sp³-hybridized carbons (Fsp3) is 0. The minimum absolute atomic E-state index is 0.857. The van der Waals surface area contributed by atoms with E-state index in [4.69, 9.17) is 4.42 Å². The summed E-state index contributed by atoms with van der Waals surface area (Å²) in [6, 6.07) is 90.2. The minimum Gasteiger partial charge on any atom is -0.453 e. The number of hydrogen-bond donors (Lipinski definition) is 0. The number of benzene rings is 12. The van der Waals surface area contributed by atoms with Crippen molar-refractivity contribution in [1.29, 1.82) is 0 Å². The van der Waals surface area contributed by atoms with Crippen molar-refractivity contribution in [2.24, 2.45) is 0 Å². The molecule has 1 heterocycles. The van der Waals surface area contributed by atoms with Gasteiger partial charge in [-0.1, -0.05) is 200 Å². The predicted molar refractivity (Wildman–Crippen MR) is 280 cm³/mol. The van der Waals surface area contributed by atoms with Gasteiger partial charge in [0.1, 0.15) is 5.58 Å². The Morgan fingerprint density at radius 3 is 1.41 bits per heavy atom. The molecule has 0 aliphatic heterocycles. The number of hydrogen-bond acceptors (Lipinski definition) is 2. The topological polar surface area (TPSA) is 16.4 Å². The third-order valence-corrected chi connectivity index (χ3v) is 13.4. The highest BCUT2D eigenvalue weighted by Gasteiger charge is 2.22. The van der Waals surface area contributed by atoms with E-state index < -0.39 is 0 Å². The second-order valence-electron chi connectivity index (χ2n) is 17.2. The maximum absolute atomic E-state index is 6.97. The lowest BCUT2D eigenvalue weighted by Crippen LogP contribution is -2.10. The van der Waals surface area contributed by atoms with Crippen molar-refractivity contribution in [1.82, 2.24) is 0 Å². The Hall–Kier alpha value is -8.72. The Kier molecular flexibility index (Phi) is 8.89. The minimum atomic E-state index is 0.857. The van der Waals surface area contributed by atoms with Gasteiger partial charge in [-0.25, -0.2) is 0 Å². The second kappa shape index (κ2) is 15.5. The van der Waals surface area contributed by atoms with Gasteiger partial charge in [0, 0.05) is 27.5 Å². The van der Waals surface area contributed by atoms with Gasteiger partial charge in [-0.15, -0.1) is 0 Å². The SMILES string of the molecule is c1ccc(-c2c(-c3ccccc3)c3cc(-c4ccc(N(c5ccc(-c6ccc7ccccc7c6)cc5)c5cccc6c5oc5c7ccccc7ccc65)cc4)ccc3c3ccccc23)cc1. The van der Waals surface area contributed by atoms with E-state index in [0.29, 0.717) is 0 Å². The molecule has 0 atom stereocenters. The van der Waals surface area contributed by atoms with Gasteiger partial charge in [0.2, 0.25) is 0 Å². The van der Waals surface area contributed by atoms with Crippen LogP contribution in [-0.4, -0.2) is 0 Å². The zero-order valence-electron chi connectivity index (χ0n) is 36.0. The molecule has 0 bridgehead atoms. The number of fused-ring (bicyclic) bond motifs is 9. The monoisotopic (exact) mass is 839 g/mol. The molecule has 0 saturated carbocycles. The Bertz CT molecular complexity index is 3960. The number of para-hydroxylation sites is 1. The van der Waals surface area contributed by atoms with Gasteiger partial charge in [-0.2, -0.15) is 0 Å². The molecule has 0 amide bonds. The Morgan fingerprint density at radius 2 is 0.712 bits per heavy atom. The summed E-state index contributed by atoms with van der Waals surface area (Å²) in [5.41, 5.74) is 14.4. The van der Waals surface area contributed by atoms with E-state index in [1.165, 1.54) is 65.7 Å². The molecule has 2 heteroatoms. The number of nitrogens with zero attached hydrogens (tertiary/aromatic N) is 1. The zero-order chi connectivity index (χ0) is 43.6. The molecule has 0 saturated heterocycles. The van der Waals surface area contributed by atoms with E-state index in [2.05, 4.69) is 254 Å². The van der Waals surface area contributed by atoms with Gasteiger partial charge in [0.05, 0.1) is 5.69 Å². The van der Waals surface area contributed by atoms with E-state index in [1.54, 1.807) is 0 Å². The van der Waals surface area contributed by atoms with Crippen LogP contribution in [0.25, 0.3) is 110 Å². The molecule has 1 aromatic heterocycles. The van der Waals surface area contributed by atoms with E-state index >= 15 is 0 Å². The van der Waals surface area contributed by atoms with E-state index in [0.717, 1.165) is 60.9 Å². The first-order valence-corrected chi connectivity index (χ1v) is 22.7. The van der Waals surface area contributed by atoms with Crippen molar-refractivity contribution < 1.29 is 4.42 Å². The number of anilines is 3. The molecule has 12 aromatic carbocycles. The van der Waals surface area contributed by atoms with Crippen LogP contribution in [0.2, 0.25) is 0 Å². The van der Waals surface area contributed by atoms with E-state index in [-0.39, 0.29) is 0 Å². The first kappa shape index (κ1) is 37.8. The van der Waals surface area contributed by atoms with Gasteiger partial charge in [-0.05, 0) is 131 Å². The Morgan fingerprint density at radius 1 is 0.242 bits per heavy atom. The maximum Gasteiger partial charge on any atom is 0.159 e. The molecule has 0 radical (unpaired) electrons. The normalized spacial score (nSPS) is 11.6. The summed E-state index contributed by atoms with van der Waals surface area (Å²) in [5, 5.41) is 11.9. The van der Waals surface area contributed by atoms with Crippen LogP contribution < -0.4 is 4.90 Å². The average Bonchev–Trinajstić information content (AvgIpc) is 3.79. The molecule has 13 aromatic rings. The highest BCUT2D eigenvalue weighted by Crippen LogP contribution is 2.47. The van der Waals surface area contributed by atoms with Crippen molar-refractivity contribution in [3.8, 4) is 44.5 Å². The average molecular weight is 840 g/mol. The van der Waals surface area contributed by atoms with E-state index in [9.17, 15) is 0 Å². The molecule has 0 aliphatic rings. The first-order valence-electron chi connectivity index (χ1n) is 22.7. The standard InChI is InChI=1S/C64H41NO/c1-3-16-46(17-4-1)61-56-23-12-11-22-54(56)55-38-33-50(41-59(55)62(61)47-18-5-2-6-19-47)44-30-36-52(37-31-44)65(51-34-28-43(29-35-51)49-27-26-42-14-7-8-20-48(42)40-49)60-25-13-24-57-58-39-32-45-15-9-10-21-53(45)63(58)66-64(57)60/h1-41H. The molecule has 66 heavy (non-hydrogen) atoms. The first-order chi connectivity index (χ1) is 32.7. The maximum atomic E-state index is 6.97. The Labute approximate surface area is 382 Å². The van der Waals surface area contributed by atoms with Gasteiger partial charge in [0.25, 0.3) is 0 Å². The lowest BCUT2D eigenvalue weighted by atomic mass is 9.84. The molecule has 13 rings (SSSR count). The van der Waals surface area contributed by atoms with Gasteiger partial charge in [-0.3, -0.25) is 0 Å². The van der Waals surface area contributed by atoms with Gasteiger partial charge in [0.15, 0.2) is 5.58 Å². The van der Waals surface area contributed by atoms with Crippen molar-refractivity contribution >= 4 is 82.1 Å². The van der Waals surface area contributed by atoms with Crippen LogP contribution >= 0.6 is 0 Å². The van der Waals surface area contributed by atoms with Crippen molar-refractivity contribution in [2.75, 3.05) is 4.90 Å². The van der Waals surface area contributed by atoms with Crippen LogP contribution in [0.1, 0.15) is 0 Å². The summed E-state index contributed by atoms with van der Waals surface area (Å²) >= 11 is 0. The van der Waals surface area contributed by atoms with E-state index in [1.807, 2.05) is 0 Å². The molecule has 2 nitrogen and oxygen atoms in total. The summed E-state index contributed by atoms with van der Waals surface area (Å²) in [4.78, 5) is 2.34. The zero-order valence-corrected chi connectivity index (χ0v) is 36.0. The molecular weight excluding hydrogens is 799 g/mol. The molecular formula is C64H41NO. The van der Waals surface area contributed by atoms with Crippen LogP contribution in [0.4, 0.5) is 17.1 Å². The second-order valence-corrected chi connectivity index (χ2v) is 17.2. The predicted octanol–water partition coefficient (Wildman–Crippen LogP) is 18.3. The largest absolute Gasteiger partial charge is 0.453 e. The van der Waals surface area contributed by atoms with Crippen molar-refractivity contribution in [3.05, 3.63) is 249 Å². The third-order valence-electron chi connectivity index (χ3n) is 13.4. The summed E-state index contributed by atoms with van der Waals surface area (Å²) in [5.74, 6) is 0. The fourth-order valence-electron chi connectivity index (χ4n) is 10.3. The van der Waals surface area contributed by atoms with Crippen LogP contribution in [0.5, 0.6) is 0 Å². The lowest BCUT2D eigenvalue weighted by molar-refractivity contribution is 0.673. The van der Waals surface area contributed by atoms with Gasteiger partial charge < -0.3 is 9.32 Å². The van der Waals surface area contributed by atoms with Crippen molar-refractivity contribution in [3.63, 3.8) is 0 Å². The molecule has 308 valence electrons. The highest BCUT2D eigenvalue weighted by molar-refractivity contribution is 6.22. The number of rotatable bonds is 7. The quantitative estimate of drug-likeness (QED) is 0.149. The Balaban J connectivity index is 0.971. The summed E-state index contributed by atoms with van der Waals surface area (Å²) in [7, 11) is 0. The fourth-order valence-corrected chi connectivity index (χ4v) is 10.3. The molecule has 0 unspecified atom stereocenters. The smallest absolute Gasteiger partial charge is 0.159 e. The van der Waals surface area contributed by atoms with Crippen LogP contribution in [-0.2, 0) is 0 Å². The molecule has 0 spiro atoms. The van der Waals surface area contributed by atoms with Crippen LogP contribution in [0, 0.1) is 0 Å². The third kappa shape index (κ3) is 6.26. The van der Waals surface area contributed by atoms with Crippen molar-refractivity contribution in [2.45, 2.75) is 0 Å². The summed E-state index contributed by atoms with van der Waals surface area (Å²) in [6.45, 7) is 0. The number of furan rings is 1. The van der Waals surface area contributed by atoms with Gasteiger partial charge >= 0.3 is 0 Å².